The summed E-state index contributed by atoms with van der Waals surface area (Å²) in [6, 6.07) is 16.7. The summed E-state index contributed by atoms with van der Waals surface area (Å²) in [7, 11) is 0. The maximum atomic E-state index is 6.41. The third-order valence-electron chi connectivity index (χ3n) is 5.18. The molecule has 0 saturated carbocycles. The Morgan fingerprint density at radius 1 is 1.04 bits per heavy atom. The van der Waals surface area contributed by atoms with E-state index in [4.69, 9.17) is 9.72 Å². The molecular weight excluding hydrogens is 388 g/mol. The van der Waals surface area contributed by atoms with Gasteiger partial charge in [0.05, 0.1) is 11.0 Å². The molecule has 0 radical (unpaired) electrons. The maximum Gasteiger partial charge on any atom is 0.138 e. The van der Waals surface area contributed by atoms with Gasteiger partial charge in [-0.05, 0) is 38.8 Å². The van der Waals surface area contributed by atoms with E-state index >= 15 is 0 Å². The van der Waals surface area contributed by atoms with Crippen LogP contribution in [-0.4, -0.2) is 15.6 Å². The summed E-state index contributed by atoms with van der Waals surface area (Å²) in [6.45, 7) is 4.32. The van der Waals surface area contributed by atoms with Crippen LogP contribution in [0.2, 0.25) is 0 Å². The Hall–Kier alpha value is -2.33. The van der Waals surface area contributed by atoms with E-state index in [1.54, 1.807) is 0 Å². The molecule has 130 valence electrons. The zero-order valence-corrected chi connectivity index (χ0v) is 16.4. The highest BCUT2D eigenvalue weighted by atomic mass is 79.9. The number of nitrogens with zero attached hydrogens (tertiary/aromatic N) is 1. The van der Waals surface area contributed by atoms with Crippen LogP contribution >= 0.6 is 15.9 Å². The fourth-order valence-corrected chi connectivity index (χ4v) is 4.07. The van der Waals surface area contributed by atoms with Crippen molar-refractivity contribution >= 4 is 37.7 Å². The predicted molar refractivity (Wildman–Crippen MR) is 110 cm³/mol. The van der Waals surface area contributed by atoms with Crippen molar-refractivity contribution in [3.63, 3.8) is 0 Å². The summed E-state index contributed by atoms with van der Waals surface area (Å²) in [6.07, 6.45) is 1.97. The lowest BCUT2D eigenvalue weighted by molar-refractivity contribution is 0.0873. The summed E-state index contributed by atoms with van der Waals surface area (Å²) in [4.78, 5) is 8.54. The van der Waals surface area contributed by atoms with E-state index in [1.165, 1.54) is 5.56 Å². The van der Waals surface area contributed by atoms with Crippen LogP contribution in [0.1, 0.15) is 25.8 Å². The second-order valence-corrected chi connectivity index (χ2v) is 8.45. The number of aromatic amines is 1. The lowest BCUT2D eigenvalue weighted by atomic mass is 9.91. The molecule has 3 aromatic carbocycles. The number of aromatic nitrogens is 2. The molecule has 1 aliphatic rings. The fourth-order valence-electron chi connectivity index (χ4n) is 3.80. The van der Waals surface area contributed by atoms with Crippen molar-refractivity contribution < 1.29 is 4.74 Å². The minimum absolute atomic E-state index is 0.145. The molecule has 0 aliphatic carbocycles. The number of hydrogen-bond donors (Lipinski definition) is 1. The van der Waals surface area contributed by atoms with Crippen LogP contribution < -0.4 is 4.74 Å². The van der Waals surface area contributed by atoms with E-state index in [-0.39, 0.29) is 5.60 Å². The molecule has 4 heteroatoms. The standard InChI is InChI=1S/C22H19BrN2O/c1-22(2)12-11-17-19-18(15-5-3-4-6-16(15)20(17)26-22)24-21(25-19)13-7-9-14(23)10-8-13/h3-10H,11-12H2,1-2H3,(H,24,25). The van der Waals surface area contributed by atoms with Crippen molar-refractivity contribution in [1.29, 1.82) is 0 Å². The van der Waals surface area contributed by atoms with E-state index < -0.39 is 0 Å². The molecule has 26 heavy (non-hydrogen) atoms. The van der Waals surface area contributed by atoms with E-state index in [0.717, 1.165) is 56.3 Å². The number of fused-ring (bicyclic) bond motifs is 6. The summed E-state index contributed by atoms with van der Waals surface area (Å²) in [5.41, 5.74) is 4.29. The Kier molecular flexibility index (Phi) is 3.41. The quantitative estimate of drug-likeness (QED) is 0.405. The molecule has 0 unspecified atom stereocenters. The first kappa shape index (κ1) is 15.9. The summed E-state index contributed by atoms with van der Waals surface area (Å²) < 4.78 is 7.48. The van der Waals surface area contributed by atoms with Crippen molar-refractivity contribution in [3.8, 4) is 17.1 Å². The Morgan fingerprint density at radius 2 is 1.77 bits per heavy atom. The van der Waals surface area contributed by atoms with Gasteiger partial charge in [-0.15, -0.1) is 0 Å². The molecule has 0 amide bonds. The van der Waals surface area contributed by atoms with Gasteiger partial charge in [0.1, 0.15) is 17.2 Å². The van der Waals surface area contributed by atoms with Crippen LogP contribution in [0.3, 0.4) is 0 Å². The van der Waals surface area contributed by atoms with Gasteiger partial charge >= 0.3 is 0 Å². The van der Waals surface area contributed by atoms with Gasteiger partial charge in [-0.2, -0.15) is 0 Å². The van der Waals surface area contributed by atoms with Gasteiger partial charge in [0.25, 0.3) is 0 Å². The number of aryl methyl sites for hydroxylation is 1. The lowest BCUT2D eigenvalue weighted by Gasteiger charge is -2.33. The van der Waals surface area contributed by atoms with Crippen LogP contribution in [0.5, 0.6) is 5.75 Å². The molecule has 0 saturated heterocycles. The molecule has 0 bridgehead atoms. The average Bonchev–Trinajstić information content (AvgIpc) is 3.07. The van der Waals surface area contributed by atoms with E-state index in [2.05, 4.69) is 71.2 Å². The van der Waals surface area contributed by atoms with Gasteiger partial charge in [0.2, 0.25) is 0 Å². The van der Waals surface area contributed by atoms with Gasteiger partial charge in [-0.3, -0.25) is 0 Å². The molecule has 1 aromatic heterocycles. The molecular formula is C22H19BrN2O. The van der Waals surface area contributed by atoms with Crippen LogP contribution in [0, 0.1) is 0 Å². The molecule has 0 fully saturated rings. The molecule has 2 heterocycles. The second kappa shape index (κ2) is 5.58. The van der Waals surface area contributed by atoms with E-state index in [1.807, 2.05) is 12.1 Å². The summed E-state index contributed by atoms with van der Waals surface area (Å²) in [5.74, 6) is 1.90. The average molecular weight is 407 g/mol. The third-order valence-corrected chi connectivity index (χ3v) is 5.71. The number of imidazole rings is 1. The Balaban J connectivity index is 1.82. The molecule has 3 nitrogen and oxygen atoms in total. The van der Waals surface area contributed by atoms with Gasteiger partial charge in [-0.1, -0.05) is 52.3 Å². The normalized spacial score (nSPS) is 15.8. The highest BCUT2D eigenvalue weighted by Crippen LogP contribution is 2.43. The smallest absolute Gasteiger partial charge is 0.138 e. The number of benzene rings is 3. The molecule has 1 aliphatic heterocycles. The molecule has 4 aromatic rings. The number of nitrogens with one attached hydrogen (secondary N) is 1. The fraction of sp³-hybridized carbons (Fsp3) is 0.227. The number of H-pyrrole nitrogens is 1. The minimum atomic E-state index is -0.145. The molecule has 0 spiro atoms. The van der Waals surface area contributed by atoms with Crippen LogP contribution in [0.15, 0.2) is 53.0 Å². The van der Waals surface area contributed by atoms with Gasteiger partial charge in [0.15, 0.2) is 0 Å². The Labute approximate surface area is 160 Å². The maximum absolute atomic E-state index is 6.41. The van der Waals surface area contributed by atoms with Gasteiger partial charge < -0.3 is 9.72 Å². The first-order chi connectivity index (χ1) is 12.5. The van der Waals surface area contributed by atoms with Crippen LogP contribution in [-0.2, 0) is 6.42 Å². The number of hydrogen-bond acceptors (Lipinski definition) is 2. The largest absolute Gasteiger partial charge is 0.487 e. The number of ether oxygens (including phenoxy) is 1. The van der Waals surface area contributed by atoms with Crippen molar-refractivity contribution in [2.24, 2.45) is 0 Å². The Morgan fingerprint density at radius 3 is 2.54 bits per heavy atom. The zero-order chi connectivity index (χ0) is 17.9. The van der Waals surface area contributed by atoms with E-state index in [0.29, 0.717) is 0 Å². The molecule has 0 atom stereocenters. The van der Waals surface area contributed by atoms with Crippen LogP contribution in [0.25, 0.3) is 33.2 Å². The molecule has 1 N–H and O–H groups in total. The predicted octanol–water partition coefficient (Wildman–Crippen LogP) is 6.25. The molecule has 5 rings (SSSR count). The van der Waals surface area contributed by atoms with Crippen molar-refractivity contribution in [2.75, 3.05) is 0 Å². The van der Waals surface area contributed by atoms with Gasteiger partial charge in [-0.25, -0.2) is 4.98 Å². The van der Waals surface area contributed by atoms with Crippen molar-refractivity contribution in [2.45, 2.75) is 32.3 Å². The van der Waals surface area contributed by atoms with Crippen molar-refractivity contribution in [3.05, 3.63) is 58.6 Å². The zero-order valence-electron chi connectivity index (χ0n) is 14.8. The third kappa shape index (κ3) is 2.43. The first-order valence-electron chi connectivity index (χ1n) is 8.90. The summed E-state index contributed by atoms with van der Waals surface area (Å²) >= 11 is 3.50. The second-order valence-electron chi connectivity index (χ2n) is 7.53. The highest BCUT2D eigenvalue weighted by molar-refractivity contribution is 9.10. The number of rotatable bonds is 1. The SMILES string of the molecule is CC1(C)CCc2c(c3ccccc3c3[nH]c(-c4ccc(Br)cc4)nc23)O1. The van der Waals surface area contributed by atoms with Crippen LogP contribution in [0.4, 0.5) is 0 Å². The van der Waals surface area contributed by atoms with E-state index in [9.17, 15) is 0 Å². The van der Waals surface area contributed by atoms with Gasteiger partial charge in [0, 0.05) is 26.4 Å². The summed E-state index contributed by atoms with van der Waals surface area (Å²) in [5, 5.41) is 2.32. The number of halogens is 1. The topological polar surface area (TPSA) is 37.9 Å². The monoisotopic (exact) mass is 406 g/mol. The van der Waals surface area contributed by atoms with Crippen molar-refractivity contribution in [1.82, 2.24) is 9.97 Å². The minimum Gasteiger partial charge on any atom is -0.487 e. The lowest BCUT2D eigenvalue weighted by Crippen LogP contribution is -2.32. The first-order valence-corrected chi connectivity index (χ1v) is 9.69. The highest BCUT2D eigenvalue weighted by Gasteiger charge is 2.30. The Bertz CT molecular complexity index is 1140.